The van der Waals surface area contributed by atoms with Crippen molar-refractivity contribution in [2.24, 2.45) is 0 Å². The summed E-state index contributed by atoms with van der Waals surface area (Å²) in [6.45, 7) is 3.75. The van der Waals surface area contributed by atoms with E-state index in [1.54, 1.807) is 48.5 Å². The Morgan fingerprint density at radius 3 is 1.27 bits per heavy atom. The molecule has 10 nitrogen and oxygen atoms in total. The van der Waals surface area contributed by atoms with E-state index >= 15 is 0 Å². The minimum absolute atomic E-state index is 0.340. The van der Waals surface area contributed by atoms with Crippen LogP contribution in [0.25, 0.3) is 22.7 Å². The second-order valence-corrected chi connectivity index (χ2v) is 6.99. The first kappa shape index (κ1) is 17.7. The molecule has 0 atom stereocenters. The van der Waals surface area contributed by atoms with Crippen molar-refractivity contribution in [1.29, 1.82) is 0 Å². The van der Waals surface area contributed by atoms with Crippen molar-refractivity contribution in [3.8, 4) is 11.4 Å². The second kappa shape index (κ2) is 6.08. The van der Waals surface area contributed by atoms with E-state index in [1.807, 2.05) is 13.8 Å². The van der Waals surface area contributed by atoms with Crippen molar-refractivity contribution in [3.05, 3.63) is 101 Å². The van der Waals surface area contributed by atoms with E-state index in [0.29, 0.717) is 11.4 Å². The highest BCUT2D eigenvalue weighted by Crippen LogP contribution is 2.06. The number of aryl methyl sites for hydroxylation is 2. The van der Waals surface area contributed by atoms with Crippen molar-refractivity contribution in [2.45, 2.75) is 13.8 Å². The fourth-order valence-corrected chi connectivity index (χ4v) is 3.31. The number of nitrogens with zero attached hydrogens (tertiary/aromatic N) is 6. The van der Waals surface area contributed by atoms with E-state index < -0.39 is 22.5 Å². The minimum Gasteiger partial charge on any atom is -0.242 e. The number of hydrogen-bond acceptors (Lipinski definition) is 6. The molecule has 0 aliphatic carbocycles. The predicted octanol–water partition coefficient (Wildman–Crippen LogP) is -1.53. The first-order valence-electron chi connectivity index (χ1n) is 9.04. The molecule has 0 N–H and O–H groups in total. The molecule has 2 aromatic carbocycles. The fourth-order valence-electron chi connectivity index (χ4n) is 3.31. The maximum atomic E-state index is 12.8. The van der Waals surface area contributed by atoms with Gasteiger partial charge in [-0.25, -0.2) is 19.2 Å². The van der Waals surface area contributed by atoms with Gasteiger partial charge >= 0.3 is 33.8 Å². The van der Waals surface area contributed by atoms with Crippen LogP contribution in [-0.4, -0.2) is 19.3 Å². The van der Waals surface area contributed by atoms with Crippen LogP contribution < -0.4 is 31.5 Å². The summed E-state index contributed by atoms with van der Waals surface area (Å²) < 4.78 is 3.30. The van der Waals surface area contributed by atoms with E-state index in [-0.39, 0.29) is 11.3 Å². The maximum Gasteiger partial charge on any atom is 0.488 e. The van der Waals surface area contributed by atoms with Gasteiger partial charge < -0.3 is 0 Å². The molecule has 0 bridgehead atoms. The SMILES string of the molecule is Cc1ccc(-n2c(=O)c3n[n+]4c(=O)n(-c5ccc(C)cc5)c(=O)c4n[n+]3c2=O)cc1. The van der Waals surface area contributed by atoms with Gasteiger partial charge in [-0.3, -0.25) is 0 Å². The van der Waals surface area contributed by atoms with E-state index in [2.05, 4.69) is 10.2 Å². The lowest BCUT2D eigenvalue weighted by atomic mass is 10.2. The van der Waals surface area contributed by atoms with Crippen LogP contribution in [0.3, 0.4) is 0 Å². The van der Waals surface area contributed by atoms with Crippen molar-refractivity contribution in [1.82, 2.24) is 19.3 Å². The summed E-state index contributed by atoms with van der Waals surface area (Å²) in [5, 5.41) is 7.95. The lowest BCUT2D eigenvalue weighted by Gasteiger charge is -1.94. The molecule has 10 heteroatoms. The Morgan fingerprint density at radius 2 is 0.933 bits per heavy atom. The van der Waals surface area contributed by atoms with Crippen LogP contribution in [0.2, 0.25) is 0 Å². The summed E-state index contributed by atoms with van der Waals surface area (Å²) in [5.41, 5.74) is -1.12. The van der Waals surface area contributed by atoms with Gasteiger partial charge in [0.05, 0.1) is 10.2 Å². The molecule has 3 heterocycles. The largest absolute Gasteiger partial charge is 0.488 e. The average Bonchev–Trinajstić information content (AvgIpc) is 3.13. The molecule has 0 aliphatic heterocycles. The zero-order valence-electron chi connectivity index (χ0n) is 15.9. The van der Waals surface area contributed by atoms with Gasteiger partial charge in [0.25, 0.3) is 0 Å². The summed E-state index contributed by atoms with van der Waals surface area (Å²) in [4.78, 5) is 51.3. The van der Waals surface area contributed by atoms with E-state index in [4.69, 9.17) is 0 Å². The summed E-state index contributed by atoms with van der Waals surface area (Å²) >= 11 is 0. The van der Waals surface area contributed by atoms with E-state index in [0.717, 1.165) is 29.3 Å². The van der Waals surface area contributed by atoms with Crippen LogP contribution in [0.4, 0.5) is 0 Å². The van der Waals surface area contributed by atoms with Crippen molar-refractivity contribution in [2.75, 3.05) is 0 Å². The lowest BCUT2D eigenvalue weighted by molar-refractivity contribution is -0.662. The maximum absolute atomic E-state index is 12.8. The number of aromatic nitrogens is 6. The molecule has 5 aromatic rings. The third kappa shape index (κ3) is 2.37. The normalized spacial score (nSPS) is 11.5. The van der Waals surface area contributed by atoms with Crippen molar-refractivity contribution in [3.63, 3.8) is 0 Å². The van der Waals surface area contributed by atoms with Crippen LogP contribution in [-0.2, 0) is 0 Å². The standard InChI is InChI=1S/C20H14N6O4/c1-11-3-7-13(8-4-11)23-17(27)15-21-26-16(22-25(15)19(23)29)18(28)24(20(26)30)14-9-5-12(2)6-10-14/h3-10H,1-2H3/q+2. The monoisotopic (exact) mass is 402 g/mol. The molecule has 0 fully saturated rings. The molecule has 0 unspecified atom stereocenters. The van der Waals surface area contributed by atoms with Crippen LogP contribution in [0.15, 0.2) is 67.7 Å². The molecule has 0 amide bonds. The highest BCUT2D eigenvalue weighted by atomic mass is 16.2. The number of hydrogen-bond donors (Lipinski definition) is 0. The smallest absolute Gasteiger partial charge is 0.242 e. The first-order chi connectivity index (χ1) is 14.4. The van der Waals surface area contributed by atoms with Gasteiger partial charge in [-0.1, -0.05) is 35.4 Å². The molecule has 0 aliphatic rings. The zero-order chi connectivity index (χ0) is 21.2. The molecular formula is C20H14N6O4+2. The second-order valence-electron chi connectivity index (χ2n) is 6.99. The Balaban J connectivity index is 1.83. The van der Waals surface area contributed by atoms with Gasteiger partial charge in [-0.05, 0) is 38.1 Å². The summed E-state index contributed by atoms with van der Waals surface area (Å²) in [6.07, 6.45) is 0. The summed E-state index contributed by atoms with van der Waals surface area (Å²) in [5.74, 6) is 0. The highest BCUT2D eigenvalue weighted by Gasteiger charge is 2.35. The third-order valence-corrected chi connectivity index (χ3v) is 4.91. The van der Waals surface area contributed by atoms with Crippen LogP contribution in [0.5, 0.6) is 0 Å². The third-order valence-electron chi connectivity index (χ3n) is 4.91. The number of rotatable bonds is 2. The van der Waals surface area contributed by atoms with Gasteiger partial charge in [-0.2, -0.15) is 0 Å². The number of fused-ring (bicyclic) bond motifs is 2. The van der Waals surface area contributed by atoms with Crippen molar-refractivity contribution >= 4 is 11.3 Å². The summed E-state index contributed by atoms with van der Waals surface area (Å²) in [6, 6.07) is 13.5. The zero-order valence-corrected chi connectivity index (χ0v) is 15.9. The molecule has 0 radical (unpaired) electrons. The molecule has 30 heavy (non-hydrogen) atoms. The Kier molecular flexibility index (Phi) is 3.59. The highest BCUT2D eigenvalue weighted by molar-refractivity contribution is 5.39. The Labute approximate surface area is 166 Å². The molecule has 5 rings (SSSR count). The topological polar surface area (TPSA) is 112 Å². The molecule has 3 aromatic heterocycles. The Hall–Kier alpha value is -4.34. The van der Waals surface area contributed by atoms with E-state index in [1.165, 1.54) is 0 Å². The minimum atomic E-state index is -0.774. The molecule has 0 spiro atoms. The van der Waals surface area contributed by atoms with Gasteiger partial charge in [-0.15, -0.1) is 9.13 Å². The molecule has 0 saturated carbocycles. The number of benzene rings is 2. The van der Waals surface area contributed by atoms with Crippen LogP contribution in [0.1, 0.15) is 11.1 Å². The summed E-state index contributed by atoms with van der Waals surface area (Å²) in [7, 11) is 0. The lowest BCUT2D eigenvalue weighted by Crippen LogP contribution is -2.52. The fraction of sp³-hybridized carbons (Fsp3) is 0.100. The van der Waals surface area contributed by atoms with Gasteiger partial charge in [0, 0.05) is 9.03 Å². The van der Waals surface area contributed by atoms with E-state index in [9.17, 15) is 19.2 Å². The van der Waals surface area contributed by atoms with Gasteiger partial charge in [0.1, 0.15) is 11.4 Å². The average molecular weight is 402 g/mol. The molecule has 146 valence electrons. The molecular weight excluding hydrogens is 388 g/mol. The van der Waals surface area contributed by atoms with Gasteiger partial charge in [0.2, 0.25) is 0 Å². The van der Waals surface area contributed by atoms with Crippen LogP contribution in [0, 0.1) is 13.8 Å². The Bertz CT molecular complexity index is 1470. The van der Waals surface area contributed by atoms with Gasteiger partial charge in [0.15, 0.2) is 0 Å². The Morgan fingerprint density at radius 1 is 0.600 bits per heavy atom. The number of imidazole rings is 2. The first-order valence-corrected chi connectivity index (χ1v) is 9.04. The quantitative estimate of drug-likeness (QED) is 0.331. The predicted molar refractivity (Wildman–Crippen MR) is 104 cm³/mol. The van der Waals surface area contributed by atoms with Crippen molar-refractivity contribution < 1.29 is 9.03 Å². The van der Waals surface area contributed by atoms with Crippen LogP contribution >= 0.6 is 0 Å². The molecule has 0 saturated heterocycles.